The quantitative estimate of drug-likeness (QED) is 0.685. The van der Waals surface area contributed by atoms with E-state index in [0.717, 1.165) is 22.1 Å². The van der Waals surface area contributed by atoms with Crippen LogP contribution in [0.4, 0.5) is 5.69 Å². The Bertz CT molecular complexity index is 728. The molecule has 0 bridgehead atoms. The van der Waals surface area contributed by atoms with Crippen molar-refractivity contribution < 1.29 is 14.3 Å². The molecule has 0 saturated heterocycles. The molecule has 1 N–H and O–H groups in total. The lowest BCUT2D eigenvalue weighted by atomic mass is 10.2. The highest BCUT2D eigenvalue weighted by atomic mass is 79.9. The van der Waals surface area contributed by atoms with Gasteiger partial charge in [-0.1, -0.05) is 35.0 Å². The Morgan fingerprint density at radius 1 is 1.21 bits per heavy atom. The third-order valence-electron chi connectivity index (χ3n) is 3.17. The Morgan fingerprint density at radius 3 is 2.75 bits per heavy atom. The van der Waals surface area contributed by atoms with Gasteiger partial charge in [-0.25, -0.2) is 0 Å². The maximum Gasteiger partial charge on any atom is 0.248 e. The lowest BCUT2D eigenvalue weighted by molar-refractivity contribution is -0.111. The summed E-state index contributed by atoms with van der Waals surface area (Å²) in [6.45, 7) is 2.69. The van der Waals surface area contributed by atoms with Crippen LogP contribution >= 0.6 is 15.9 Å². The van der Waals surface area contributed by atoms with E-state index in [1.54, 1.807) is 13.2 Å². The Kier molecular flexibility index (Phi) is 6.88. The molecule has 2 aromatic carbocycles. The zero-order chi connectivity index (χ0) is 17.4. The largest absolute Gasteiger partial charge is 0.493 e. The van der Waals surface area contributed by atoms with Crippen LogP contribution in [0.15, 0.2) is 53.0 Å². The first kappa shape index (κ1) is 18.1. The van der Waals surface area contributed by atoms with E-state index in [-0.39, 0.29) is 5.91 Å². The van der Waals surface area contributed by atoms with E-state index in [1.165, 1.54) is 6.08 Å². The van der Waals surface area contributed by atoms with E-state index in [4.69, 9.17) is 9.47 Å². The smallest absolute Gasteiger partial charge is 0.248 e. The summed E-state index contributed by atoms with van der Waals surface area (Å²) in [6.07, 6.45) is 4.16. The first-order valence-corrected chi connectivity index (χ1v) is 8.47. The van der Waals surface area contributed by atoms with Gasteiger partial charge in [-0.3, -0.25) is 4.79 Å². The minimum absolute atomic E-state index is 0.196. The zero-order valence-electron chi connectivity index (χ0n) is 13.7. The molecule has 5 heteroatoms. The standard InChI is InChI=1S/C19H20BrNO3/c1-3-11-24-17-9-7-14(12-18(17)23-2)8-10-19(22)21-16-6-4-5-15(20)13-16/h4-10,12-13H,3,11H2,1-2H3,(H,21,22). The van der Waals surface area contributed by atoms with Crippen molar-refractivity contribution in [2.24, 2.45) is 0 Å². The highest BCUT2D eigenvalue weighted by molar-refractivity contribution is 9.10. The summed E-state index contributed by atoms with van der Waals surface area (Å²) in [5, 5.41) is 2.81. The summed E-state index contributed by atoms with van der Waals surface area (Å²) in [5.74, 6) is 1.16. The van der Waals surface area contributed by atoms with Crippen LogP contribution in [0.1, 0.15) is 18.9 Å². The van der Waals surface area contributed by atoms with Crippen LogP contribution in [0.25, 0.3) is 6.08 Å². The molecule has 126 valence electrons. The molecule has 2 aromatic rings. The van der Waals surface area contributed by atoms with Gasteiger partial charge in [0.25, 0.3) is 0 Å². The van der Waals surface area contributed by atoms with Crippen molar-refractivity contribution >= 4 is 33.6 Å². The molecule has 0 atom stereocenters. The van der Waals surface area contributed by atoms with Crippen LogP contribution < -0.4 is 14.8 Å². The van der Waals surface area contributed by atoms with Gasteiger partial charge in [0, 0.05) is 16.2 Å². The second kappa shape index (κ2) is 9.13. The Hall–Kier alpha value is -2.27. The normalized spacial score (nSPS) is 10.6. The second-order valence-electron chi connectivity index (χ2n) is 5.09. The molecule has 1 amide bonds. The summed E-state index contributed by atoms with van der Waals surface area (Å²) < 4.78 is 11.9. The summed E-state index contributed by atoms with van der Waals surface area (Å²) in [5.41, 5.74) is 1.60. The predicted octanol–water partition coefficient (Wildman–Crippen LogP) is 4.90. The molecule has 0 aliphatic rings. The monoisotopic (exact) mass is 389 g/mol. The molecule has 0 fully saturated rings. The van der Waals surface area contributed by atoms with E-state index in [9.17, 15) is 4.79 Å². The Morgan fingerprint density at radius 2 is 2.04 bits per heavy atom. The third kappa shape index (κ3) is 5.42. The molecule has 0 spiro atoms. The number of carbonyl (C=O) groups is 1. The number of halogens is 1. The number of carbonyl (C=O) groups excluding carboxylic acids is 1. The van der Waals surface area contributed by atoms with Gasteiger partial charge in [0.1, 0.15) is 0 Å². The molecule has 0 radical (unpaired) electrons. The second-order valence-corrected chi connectivity index (χ2v) is 6.01. The molecule has 0 unspecified atom stereocenters. The third-order valence-corrected chi connectivity index (χ3v) is 3.66. The molecule has 0 aromatic heterocycles. The molecule has 24 heavy (non-hydrogen) atoms. The van der Waals surface area contributed by atoms with Crippen molar-refractivity contribution in [3.63, 3.8) is 0 Å². The molecular weight excluding hydrogens is 370 g/mol. The number of ether oxygens (including phenoxy) is 2. The lowest BCUT2D eigenvalue weighted by Crippen LogP contribution is -2.07. The van der Waals surface area contributed by atoms with Crippen molar-refractivity contribution in [3.8, 4) is 11.5 Å². The van der Waals surface area contributed by atoms with Crippen molar-refractivity contribution in [1.82, 2.24) is 0 Å². The van der Waals surface area contributed by atoms with Crippen LogP contribution in [0, 0.1) is 0 Å². The number of benzene rings is 2. The van der Waals surface area contributed by atoms with Crippen LogP contribution in [-0.2, 0) is 4.79 Å². The average molecular weight is 390 g/mol. The van der Waals surface area contributed by atoms with E-state index < -0.39 is 0 Å². The molecule has 0 aliphatic carbocycles. The van der Waals surface area contributed by atoms with Crippen LogP contribution in [-0.4, -0.2) is 19.6 Å². The van der Waals surface area contributed by atoms with Crippen molar-refractivity contribution in [2.45, 2.75) is 13.3 Å². The van der Waals surface area contributed by atoms with Gasteiger partial charge in [0.2, 0.25) is 5.91 Å². The zero-order valence-corrected chi connectivity index (χ0v) is 15.3. The lowest BCUT2D eigenvalue weighted by Gasteiger charge is -2.10. The predicted molar refractivity (Wildman–Crippen MR) is 101 cm³/mol. The molecule has 0 saturated carbocycles. The first-order chi connectivity index (χ1) is 11.6. The van der Waals surface area contributed by atoms with E-state index >= 15 is 0 Å². The van der Waals surface area contributed by atoms with Gasteiger partial charge in [0.05, 0.1) is 13.7 Å². The van der Waals surface area contributed by atoms with Gasteiger partial charge in [-0.15, -0.1) is 0 Å². The number of methoxy groups -OCH3 is 1. The number of hydrogen-bond acceptors (Lipinski definition) is 3. The Balaban J connectivity index is 2.03. The average Bonchev–Trinajstić information content (AvgIpc) is 2.58. The van der Waals surface area contributed by atoms with Crippen molar-refractivity contribution in [3.05, 3.63) is 58.6 Å². The molecule has 2 rings (SSSR count). The van der Waals surface area contributed by atoms with Crippen LogP contribution in [0.3, 0.4) is 0 Å². The highest BCUT2D eigenvalue weighted by Gasteiger charge is 2.05. The number of nitrogens with one attached hydrogen (secondary N) is 1. The summed E-state index contributed by atoms with van der Waals surface area (Å²) in [6, 6.07) is 13.0. The molecule has 0 heterocycles. The fourth-order valence-corrected chi connectivity index (χ4v) is 2.44. The minimum atomic E-state index is -0.196. The number of anilines is 1. The first-order valence-electron chi connectivity index (χ1n) is 7.68. The minimum Gasteiger partial charge on any atom is -0.493 e. The number of hydrogen-bond donors (Lipinski definition) is 1. The summed E-state index contributed by atoms with van der Waals surface area (Å²) >= 11 is 3.37. The SMILES string of the molecule is CCCOc1ccc(C=CC(=O)Nc2cccc(Br)c2)cc1OC. The molecular formula is C19H20BrNO3. The van der Waals surface area contributed by atoms with Crippen LogP contribution in [0.2, 0.25) is 0 Å². The molecule has 0 aliphatic heterocycles. The molecule has 4 nitrogen and oxygen atoms in total. The highest BCUT2D eigenvalue weighted by Crippen LogP contribution is 2.28. The van der Waals surface area contributed by atoms with Gasteiger partial charge in [-0.05, 0) is 48.4 Å². The number of amides is 1. The summed E-state index contributed by atoms with van der Waals surface area (Å²) in [7, 11) is 1.60. The van der Waals surface area contributed by atoms with E-state index in [1.807, 2.05) is 49.4 Å². The maximum absolute atomic E-state index is 12.0. The number of rotatable bonds is 7. The van der Waals surface area contributed by atoms with Gasteiger partial charge < -0.3 is 14.8 Å². The fraction of sp³-hybridized carbons (Fsp3) is 0.211. The van der Waals surface area contributed by atoms with Crippen molar-refractivity contribution in [1.29, 1.82) is 0 Å². The van der Waals surface area contributed by atoms with E-state index in [2.05, 4.69) is 21.2 Å². The van der Waals surface area contributed by atoms with Crippen LogP contribution in [0.5, 0.6) is 11.5 Å². The Labute approximate surface area is 150 Å². The van der Waals surface area contributed by atoms with Gasteiger partial charge >= 0.3 is 0 Å². The van der Waals surface area contributed by atoms with Gasteiger partial charge in [0.15, 0.2) is 11.5 Å². The van der Waals surface area contributed by atoms with E-state index in [0.29, 0.717) is 18.1 Å². The van der Waals surface area contributed by atoms with Gasteiger partial charge in [-0.2, -0.15) is 0 Å². The maximum atomic E-state index is 12.0. The topological polar surface area (TPSA) is 47.6 Å². The van der Waals surface area contributed by atoms with Crippen molar-refractivity contribution in [2.75, 3.05) is 19.0 Å². The summed E-state index contributed by atoms with van der Waals surface area (Å²) in [4.78, 5) is 12.0. The fourth-order valence-electron chi connectivity index (χ4n) is 2.04.